The van der Waals surface area contributed by atoms with E-state index in [9.17, 15) is 19.2 Å². The van der Waals surface area contributed by atoms with Crippen molar-refractivity contribution >= 4 is 23.8 Å². The molecule has 0 spiro atoms. The Morgan fingerprint density at radius 2 is 1.86 bits per heavy atom. The number of carbonyl (C=O) groups is 4. The van der Waals surface area contributed by atoms with Crippen LogP contribution in [0, 0.1) is 12.8 Å². The van der Waals surface area contributed by atoms with Crippen LogP contribution in [0.1, 0.15) is 46.6 Å². The van der Waals surface area contributed by atoms with E-state index >= 15 is 0 Å². The molecular weight excluding hydrogens is 546 g/mol. The Hall–Kier alpha value is -4.29. The molecule has 13 nitrogen and oxygen atoms in total. The first-order valence-electron chi connectivity index (χ1n) is 14.3. The summed E-state index contributed by atoms with van der Waals surface area (Å²) in [4.78, 5) is 56.8. The Morgan fingerprint density at radius 1 is 1.07 bits per heavy atom. The molecular formula is C29H37N5O8. The van der Waals surface area contributed by atoms with E-state index in [1.165, 1.54) is 4.90 Å². The average molecular weight is 584 g/mol. The molecule has 0 unspecified atom stereocenters. The van der Waals surface area contributed by atoms with Gasteiger partial charge in [-0.05, 0) is 37.5 Å². The molecule has 2 atom stereocenters. The predicted molar refractivity (Wildman–Crippen MR) is 148 cm³/mol. The molecule has 2 bridgehead atoms. The van der Waals surface area contributed by atoms with Gasteiger partial charge in [-0.2, -0.15) is 0 Å². The molecule has 1 aromatic carbocycles. The predicted octanol–water partition coefficient (Wildman–Crippen LogP) is 1.59. The fourth-order valence-electron chi connectivity index (χ4n) is 5.76. The molecule has 1 N–H and O–H groups in total. The van der Waals surface area contributed by atoms with E-state index in [0.29, 0.717) is 74.1 Å². The van der Waals surface area contributed by atoms with Crippen LogP contribution in [0.4, 0.5) is 4.79 Å². The lowest BCUT2D eigenvalue weighted by Crippen LogP contribution is -2.41. The van der Waals surface area contributed by atoms with Gasteiger partial charge < -0.3 is 33.9 Å². The Bertz CT molecular complexity index is 1340. The van der Waals surface area contributed by atoms with Crippen LogP contribution < -0.4 is 14.8 Å². The first kappa shape index (κ1) is 29.2. The van der Waals surface area contributed by atoms with E-state index in [-0.39, 0.29) is 49.9 Å². The third kappa shape index (κ3) is 6.00. The van der Waals surface area contributed by atoms with E-state index in [1.807, 2.05) is 19.1 Å². The number of nitrogens with zero attached hydrogens (tertiary/aromatic N) is 4. The maximum atomic E-state index is 13.5. The van der Waals surface area contributed by atoms with Crippen LogP contribution >= 0.6 is 0 Å². The Kier molecular flexibility index (Phi) is 8.83. The number of cyclic esters (lactones) is 1. The standard InChI is InChI=1S/C29H37N5O8/c1-4-22-26(18(2)42-31-22)28(37)32-9-5-8-30-27(36)21-16-34(25(35)17-33-11-13-41-29(33)38)15-20(21)19-6-7-23(39-3)24(14-19)40-12-10-32/h6-7,14,20-21H,4-5,8-13,15-17H2,1-3H3,(H,30,36)/t20-,21+/m1/s1. The quantitative estimate of drug-likeness (QED) is 0.555. The van der Waals surface area contributed by atoms with E-state index in [0.717, 1.165) is 5.56 Å². The number of aromatic nitrogens is 1. The lowest BCUT2D eigenvalue weighted by atomic mass is 9.88. The number of carbonyl (C=O) groups excluding carboxylic acids is 4. The minimum atomic E-state index is -0.506. The molecule has 13 heteroatoms. The number of rotatable bonds is 5. The Labute approximate surface area is 244 Å². The summed E-state index contributed by atoms with van der Waals surface area (Å²) in [6.45, 7) is 5.98. The highest BCUT2D eigenvalue weighted by atomic mass is 16.6. The van der Waals surface area contributed by atoms with Gasteiger partial charge in [0.05, 0.1) is 31.8 Å². The number of nitrogens with one attached hydrogen (secondary N) is 1. The summed E-state index contributed by atoms with van der Waals surface area (Å²) in [5.74, 6) is 0.0814. The lowest BCUT2D eigenvalue weighted by molar-refractivity contribution is -0.131. The maximum absolute atomic E-state index is 13.5. The number of likely N-dealkylation sites (tertiary alicyclic amines) is 1. The van der Waals surface area contributed by atoms with Crippen molar-refractivity contribution in [3.05, 3.63) is 40.8 Å². The fraction of sp³-hybridized carbons (Fsp3) is 0.552. The summed E-state index contributed by atoms with van der Waals surface area (Å²) in [5.41, 5.74) is 1.90. The Balaban J connectivity index is 1.37. The van der Waals surface area contributed by atoms with E-state index in [4.69, 9.17) is 18.7 Å². The van der Waals surface area contributed by atoms with Gasteiger partial charge in [0.2, 0.25) is 11.8 Å². The highest BCUT2D eigenvalue weighted by Crippen LogP contribution is 2.38. The number of hydrogen-bond acceptors (Lipinski definition) is 9. The molecule has 3 aliphatic heterocycles. The second-order valence-corrected chi connectivity index (χ2v) is 10.7. The van der Waals surface area contributed by atoms with Crippen molar-refractivity contribution in [1.29, 1.82) is 0 Å². The molecule has 2 aromatic rings. The van der Waals surface area contributed by atoms with Gasteiger partial charge in [0.25, 0.3) is 5.91 Å². The van der Waals surface area contributed by atoms with Crippen LogP contribution in [-0.4, -0.2) is 110 Å². The number of methoxy groups -OCH3 is 1. The second kappa shape index (κ2) is 12.7. The van der Waals surface area contributed by atoms with Crippen molar-refractivity contribution < 1.29 is 37.9 Å². The molecule has 0 radical (unpaired) electrons. The average Bonchev–Trinajstić information content (AvgIpc) is 3.71. The van der Waals surface area contributed by atoms with Crippen molar-refractivity contribution in [2.75, 3.05) is 66.1 Å². The van der Waals surface area contributed by atoms with Crippen molar-refractivity contribution in [1.82, 2.24) is 25.2 Å². The summed E-state index contributed by atoms with van der Waals surface area (Å²) in [6, 6.07) is 5.51. The van der Waals surface area contributed by atoms with Crippen LogP contribution in [0.15, 0.2) is 22.7 Å². The molecule has 4 heterocycles. The molecule has 0 saturated carbocycles. The van der Waals surface area contributed by atoms with Gasteiger partial charge in [-0.25, -0.2) is 4.79 Å². The zero-order valence-corrected chi connectivity index (χ0v) is 24.2. The number of ether oxygens (including phenoxy) is 3. The van der Waals surface area contributed by atoms with Crippen molar-refractivity contribution in [3.63, 3.8) is 0 Å². The number of aryl methyl sites for hydroxylation is 2. The largest absolute Gasteiger partial charge is 0.493 e. The summed E-state index contributed by atoms with van der Waals surface area (Å²) < 4.78 is 21.9. The molecule has 226 valence electrons. The van der Waals surface area contributed by atoms with Gasteiger partial charge in [-0.3, -0.25) is 19.3 Å². The molecule has 4 amide bonds. The van der Waals surface area contributed by atoms with Gasteiger partial charge in [0, 0.05) is 32.1 Å². The fourth-order valence-corrected chi connectivity index (χ4v) is 5.76. The topological polar surface area (TPSA) is 144 Å². The lowest BCUT2D eigenvalue weighted by Gasteiger charge is -2.25. The van der Waals surface area contributed by atoms with E-state index < -0.39 is 12.0 Å². The van der Waals surface area contributed by atoms with Gasteiger partial charge in [0.15, 0.2) is 11.5 Å². The first-order valence-corrected chi connectivity index (χ1v) is 14.3. The van der Waals surface area contributed by atoms with Gasteiger partial charge in [-0.15, -0.1) is 0 Å². The third-order valence-electron chi connectivity index (χ3n) is 8.09. The molecule has 42 heavy (non-hydrogen) atoms. The van der Waals surface area contributed by atoms with Crippen molar-refractivity contribution in [2.24, 2.45) is 5.92 Å². The second-order valence-electron chi connectivity index (χ2n) is 10.7. The molecule has 2 fully saturated rings. The maximum Gasteiger partial charge on any atom is 0.410 e. The SMILES string of the molecule is CCc1noc(C)c1C(=O)N1CCCNC(=O)[C@H]2CN(C(=O)CN3CCOC3=O)C[C@@H]2c2ccc(OC)c(c2)OCC1. The van der Waals surface area contributed by atoms with E-state index in [2.05, 4.69) is 10.5 Å². The van der Waals surface area contributed by atoms with Crippen LogP contribution in [-0.2, 0) is 20.7 Å². The van der Waals surface area contributed by atoms with Gasteiger partial charge in [0.1, 0.15) is 31.1 Å². The zero-order valence-electron chi connectivity index (χ0n) is 24.2. The van der Waals surface area contributed by atoms with Crippen LogP contribution in [0.5, 0.6) is 11.5 Å². The first-order chi connectivity index (χ1) is 20.3. The monoisotopic (exact) mass is 583 g/mol. The summed E-state index contributed by atoms with van der Waals surface area (Å²) in [6.07, 6.45) is 0.579. The van der Waals surface area contributed by atoms with Crippen LogP contribution in [0.25, 0.3) is 0 Å². The highest BCUT2D eigenvalue weighted by molar-refractivity contribution is 5.96. The minimum Gasteiger partial charge on any atom is -0.493 e. The molecule has 2 saturated heterocycles. The summed E-state index contributed by atoms with van der Waals surface area (Å²) in [5, 5.41) is 7.05. The number of hydrogen-bond donors (Lipinski definition) is 1. The van der Waals surface area contributed by atoms with E-state index in [1.54, 1.807) is 29.9 Å². The molecule has 1 aromatic heterocycles. The smallest absolute Gasteiger partial charge is 0.410 e. The Morgan fingerprint density at radius 3 is 2.60 bits per heavy atom. The normalized spacial score (nSPS) is 21.3. The number of fused-ring (bicyclic) bond motifs is 4. The molecule has 5 rings (SSSR count). The van der Waals surface area contributed by atoms with Crippen molar-refractivity contribution in [3.8, 4) is 11.5 Å². The summed E-state index contributed by atoms with van der Waals surface area (Å²) in [7, 11) is 1.55. The minimum absolute atomic E-state index is 0.0911. The third-order valence-corrected chi connectivity index (χ3v) is 8.09. The number of amides is 4. The van der Waals surface area contributed by atoms with Crippen LogP contribution in [0.3, 0.4) is 0 Å². The molecule has 0 aliphatic carbocycles. The molecule has 3 aliphatic rings. The zero-order chi connectivity index (χ0) is 29.8. The van der Waals surface area contributed by atoms with Crippen molar-refractivity contribution in [2.45, 2.75) is 32.6 Å². The van der Waals surface area contributed by atoms with Crippen LogP contribution in [0.2, 0.25) is 0 Å². The highest BCUT2D eigenvalue weighted by Gasteiger charge is 2.41. The summed E-state index contributed by atoms with van der Waals surface area (Å²) >= 11 is 0. The number of benzene rings is 1. The van der Waals surface area contributed by atoms with Gasteiger partial charge in [-0.1, -0.05) is 18.1 Å². The van der Waals surface area contributed by atoms with Gasteiger partial charge >= 0.3 is 6.09 Å².